The van der Waals surface area contributed by atoms with Crippen molar-refractivity contribution < 1.29 is 0 Å². The molecule has 0 saturated carbocycles. The SMILES string of the molecule is CCCNCC(C)NCc1cc(Cl)ccc1Br. The quantitative estimate of drug-likeness (QED) is 0.751. The first kappa shape index (κ1) is 15.0. The van der Waals surface area contributed by atoms with Gasteiger partial charge in [-0.25, -0.2) is 0 Å². The van der Waals surface area contributed by atoms with Crippen LogP contribution in [0.3, 0.4) is 0 Å². The molecule has 0 spiro atoms. The van der Waals surface area contributed by atoms with Crippen molar-refractivity contribution in [2.24, 2.45) is 0 Å². The Morgan fingerprint density at radius 2 is 2.18 bits per heavy atom. The summed E-state index contributed by atoms with van der Waals surface area (Å²) in [5, 5.41) is 7.65. The number of hydrogen-bond donors (Lipinski definition) is 2. The molecular weight excluding hydrogens is 300 g/mol. The lowest BCUT2D eigenvalue weighted by Gasteiger charge is -2.15. The zero-order valence-electron chi connectivity index (χ0n) is 10.4. The van der Waals surface area contributed by atoms with Crippen LogP contribution in [0.4, 0.5) is 0 Å². The van der Waals surface area contributed by atoms with Crippen molar-refractivity contribution in [1.29, 1.82) is 0 Å². The molecule has 0 saturated heterocycles. The largest absolute Gasteiger partial charge is 0.315 e. The van der Waals surface area contributed by atoms with Gasteiger partial charge >= 0.3 is 0 Å². The fraction of sp³-hybridized carbons (Fsp3) is 0.538. The summed E-state index contributed by atoms with van der Waals surface area (Å²) < 4.78 is 1.10. The average Bonchev–Trinajstić information content (AvgIpc) is 2.31. The van der Waals surface area contributed by atoms with Crippen LogP contribution in [-0.2, 0) is 6.54 Å². The molecule has 1 aromatic rings. The molecule has 2 nitrogen and oxygen atoms in total. The summed E-state index contributed by atoms with van der Waals surface area (Å²) in [5.41, 5.74) is 1.19. The topological polar surface area (TPSA) is 24.1 Å². The third kappa shape index (κ3) is 5.87. The summed E-state index contributed by atoms with van der Waals surface area (Å²) in [6, 6.07) is 6.32. The van der Waals surface area contributed by atoms with Crippen LogP contribution in [0.25, 0.3) is 0 Å². The minimum Gasteiger partial charge on any atom is -0.315 e. The van der Waals surface area contributed by atoms with E-state index in [4.69, 9.17) is 11.6 Å². The van der Waals surface area contributed by atoms with Gasteiger partial charge in [0.2, 0.25) is 0 Å². The summed E-state index contributed by atoms with van der Waals surface area (Å²) >= 11 is 9.50. The first-order valence-electron chi connectivity index (χ1n) is 6.01. The third-order valence-corrected chi connectivity index (χ3v) is 3.53. The predicted molar refractivity (Wildman–Crippen MR) is 78.6 cm³/mol. The summed E-state index contributed by atoms with van der Waals surface area (Å²) in [5.74, 6) is 0. The average molecular weight is 320 g/mol. The molecule has 1 aromatic carbocycles. The van der Waals surface area contributed by atoms with Crippen molar-refractivity contribution in [3.8, 4) is 0 Å². The Hall–Kier alpha value is -0.0900. The molecule has 1 unspecified atom stereocenters. The standard InChI is InChI=1S/C13H20BrClN2/c1-3-6-16-8-10(2)17-9-11-7-12(15)4-5-13(11)14/h4-5,7,10,16-17H,3,6,8-9H2,1-2H3. The highest BCUT2D eigenvalue weighted by atomic mass is 79.9. The lowest BCUT2D eigenvalue weighted by molar-refractivity contribution is 0.501. The molecular formula is C13H20BrClN2. The van der Waals surface area contributed by atoms with Gasteiger partial charge in [0.1, 0.15) is 0 Å². The van der Waals surface area contributed by atoms with Crippen LogP contribution in [0.15, 0.2) is 22.7 Å². The Bertz CT molecular complexity index is 344. The highest BCUT2D eigenvalue weighted by Gasteiger charge is 2.04. The number of benzene rings is 1. The van der Waals surface area contributed by atoms with Crippen LogP contribution in [0.1, 0.15) is 25.8 Å². The van der Waals surface area contributed by atoms with Crippen LogP contribution < -0.4 is 10.6 Å². The van der Waals surface area contributed by atoms with E-state index < -0.39 is 0 Å². The lowest BCUT2D eigenvalue weighted by Crippen LogP contribution is -2.36. The molecule has 1 rings (SSSR count). The van der Waals surface area contributed by atoms with E-state index in [9.17, 15) is 0 Å². The van der Waals surface area contributed by atoms with Crippen LogP contribution in [0, 0.1) is 0 Å². The fourth-order valence-corrected chi connectivity index (χ4v) is 2.11. The summed E-state index contributed by atoms with van der Waals surface area (Å²) in [6.07, 6.45) is 1.17. The van der Waals surface area contributed by atoms with Crippen LogP contribution in [-0.4, -0.2) is 19.1 Å². The van der Waals surface area contributed by atoms with Gasteiger partial charge in [0.05, 0.1) is 0 Å². The summed E-state index contributed by atoms with van der Waals surface area (Å²) in [4.78, 5) is 0. The first-order chi connectivity index (χ1) is 8.13. The number of hydrogen-bond acceptors (Lipinski definition) is 2. The molecule has 0 bridgehead atoms. The zero-order valence-corrected chi connectivity index (χ0v) is 12.7. The second kappa shape index (κ2) is 8.09. The van der Waals surface area contributed by atoms with E-state index in [2.05, 4.69) is 40.4 Å². The van der Waals surface area contributed by atoms with Crippen molar-refractivity contribution in [3.05, 3.63) is 33.3 Å². The minimum atomic E-state index is 0.451. The highest BCUT2D eigenvalue weighted by molar-refractivity contribution is 9.10. The Morgan fingerprint density at radius 1 is 1.41 bits per heavy atom. The van der Waals surface area contributed by atoms with Gasteiger partial charge in [0, 0.05) is 28.6 Å². The maximum Gasteiger partial charge on any atom is 0.0410 e. The molecule has 0 heterocycles. The molecule has 0 amide bonds. The van der Waals surface area contributed by atoms with Gasteiger partial charge in [-0.1, -0.05) is 34.5 Å². The normalized spacial score (nSPS) is 12.7. The molecule has 0 aliphatic rings. The first-order valence-corrected chi connectivity index (χ1v) is 7.18. The van der Waals surface area contributed by atoms with Crippen LogP contribution in [0.5, 0.6) is 0 Å². The van der Waals surface area contributed by atoms with Crippen LogP contribution >= 0.6 is 27.5 Å². The predicted octanol–water partition coefficient (Wildman–Crippen LogP) is 3.58. The molecule has 0 aromatic heterocycles. The Morgan fingerprint density at radius 3 is 2.88 bits per heavy atom. The Kier molecular flexibility index (Phi) is 7.12. The second-order valence-electron chi connectivity index (χ2n) is 4.22. The van der Waals surface area contributed by atoms with E-state index in [0.717, 1.165) is 29.1 Å². The Labute approximate surface area is 117 Å². The van der Waals surface area contributed by atoms with E-state index in [1.54, 1.807) is 0 Å². The maximum atomic E-state index is 5.97. The molecule has 1 atom stereocenters. The second-order valence-corrected chi connectivity index (χ2v) is 5.51. The summed E-state index contributed by atoms with van der Waals surface area (Å²) in [7, 11) is 0. The van der Waals surface area contributed by atoms with E-state index in [0.29, 0.717) is 6.04 Å². The number of rotatable bonds is 7. The molecule has 4 heteroatoms. The Balaban J connectivity index is 2.36. The van der Waals surface area contributed by atoms with Crippen molar-refractivity contribution >= 4 is 27.5 Å². The van der Waals surface area contributed by atoms with Crippen molar-refractivity contribution in [2.75, 3.05) is 13.1 Å². The number of halogens is 2. The molecule has 0 fully saturated rings. The van der Waals surface area contributed by atoms with Crippen molar-refractivity contribution in [2.45, 2.75) is 32.9 Å². The minimum absolute atomic E-state index is 0.451. The monoisotopic (exact) mass is 318 g/mol. The smallest absolute Gasteiger partial charge is 0.0410 e. The van der Waals surface area contributed by atoms with Gasteiger partial charge in [0.25, 0.3) is 0 Å². The molecule has 0 radical (unpaired) electrons. The van der Waals surface area contributed by atoms with Gasteiger partial charge in [-0.05, 0) is 43.7 Å². The van der Waals surface area contributed by atoms with E-state index in [1.807, 2.05) is 18.2 Å². The van der Waals surface area contributed by atoms with Crippen molar-refractivity contribution in [3.63, 3.8) is 0 Å². The van der Waals surface area contributed by atoms with Gasteiger partial charge < -0.3 is 10.6 Å². The molecule has 17 heavy (non-hydrogen) atoms. The molecule has 0 aliphatic heterocycles. The highest BCUT2D eigenvalue weighted by Crippen LogP contribution is 2.20. The van der Waals surface area contributed by atoms with Crippen LogP contribution in [0.2, 0.25) is 5.02 Å². The van der Waals surface area contributed by atoms with E-state index in [-0.39, 0.29) is 0 Å². The van der Waals surface area contributed by atoms with E-state index >= 15 is 0 Å². The van der Waals surface area contributed by atoms with Gasteiger partial charge in [-0.15, -0.1) is 0 Å². The van der Waals surface area contributed by atoms with E-state index in [1.165, 1.54) is 12.0 Å². The molecule has 96 valence electrons. The fourth-order valence-electron chi connectivity index (χ4n) is 1.53. The van der Waals surface area contributed by atoms with Crippen molar-refractivity contribution in [1.82, 2.24) is 10.6 Å². The molecule has 0 aliphatic carbocycles. The van der Waals surface area contributed by atoms with Gasteiger partial charge in [-0.3, -0.25) is 0 Å². The molecule has 2 N–H and O–H groups in total. The number of nitrogens with one attached hydrogen (secondary N) is 2. The lowest BCUT2D eigenvalue weighted by atomic mass is 10.2. The summed E-state index contributed by atoms with van der Waals surface area (Å²) in [6.45, 7) is 7.25. The van der Waals surface area contributed by atoms with Gasteiger partial charge in [-0.2, -0.15) is 0 Å². The van der Waals surface area contributed by atoms with Gasteiger partial charge in [0.15, 0.2) is 0 Å². The zero-order chi connectivity index (χ0) is 12.7. The maximum absolute atomic E-state index is 5.97. The third-order valence-electron chi connectivity index (χ3n) is 2.53.